The summed E-state index contributed by atoms with van der Waals surface area (Å²) in [6.45, 7) is 2.73. The number of Topliss-reactive ketones (excluding diaryl/α,β-unsaturated/α-hetero) is 1. The lowest BCUT2D eigenvalue weighted by Crippen LogP contribution is -2.20. The van der Waals surface area contributed by atoms with Gasteiger partial charge in [0.15, 0.2) is 5.78 Å². The highest BCUT2D eigenvalue weighted by molar-refractivity contribution is 5.85. The Morgan fingerprint density at radius 1 is 1.31 bits per heavy atom. The molecule has 0 aliphatic heterocycles. The van der Waals surface area contributed by atoms with E-state index in [1.165, 1.54) is 7.11 Å². The van der Waals surface area contributed by atoms with Crippen molar-refractivity contribution in [2.24, 2.45) is 0 Å². The molecule has 16 heavy (non-hydrogen) atoms. The summed E-state index contributed by atoms with van der Waals surface area (Å²) in [5, 5.41) is 0. The number of carbonyl (C=O) groups is 1. The molecule has 0 fully saturated rings. The molecule has 1 unspecified atom stereocenters. The van der Waals surface area contributed by atoms with Gasteiger partial charge >= 0.3 is 0 Å². The quantitative estimate of drug-likeness (QED) is 0.664. The molecule has 0 N–H and O–H groups in total. The lowest BCUT2D eigenvalue weighted by atomic mass is 10.1. The minimum absolute atomic E-state index is 0.0397. The van der Waals surface area contributed by atoms with Crippen molar-refractivity contribution < 1.29 is 14.3 Å². The smallest absolute Gasteiger partial charge is 0.191 e. The summed E-state index contributed by atoms with van der Waals surface area (Å²) in [7, 11) is 1.54. The van der Waals surface area contributed by atoms with Gasteiger partial charge < -0.3 is 9.47 Å². The molecule has 3 heteroatoms. The predicted octanol–water partition coefficient (Wildman–Crippen LogP) is 2.37. The number of methoxy groups -OCH3 is 1. The maximum Gasteiger partial charge on any atom is 0.191 e. The maximum absolute atomic E-state index is 11.8. The lowest BCUT2D eigenvalue weighted by Gasteiger charge is -2.14. The molecular weight excluding hydrogens is 204 g/mol. The average Bonchev–Trinajstić information content (AvgIpc) is 2.32. The normalized spacial score (nSPS) is 12.4. The van der Waals surface area contributed by atoms with Crippen LogP contribution in [0.2, 0.25) is 0 Å². The Kier molecular flexibility index (Phi) is 5.75. The average molecular weight is 222 g/mol. The molecule has 0 saturated heterocycles. The predicted molar refractivity (Wildman–Crippen MR) is 62.3 cm³/mol. The van der Waals surface area contributed by atoms with Crippen molar-refractivity contribution in [3.8, 4) is 0 Å². The lowest BCUT2D eigenvalue weighted by molar-refractivity contribution is -0.133. The zero-order valence-electron chi connectivity index (χ0n) is 9.81. The van der Waals surface area contributed by atoms with E-state index in [0.717, 1.165) is 12.0 Å². The summed E-state index contributed by atoms with van der Waals surface area (Å²) < 4.78 is 10.4. The van der Waals surface area contributed by atoms with Crippen LogP contribution in [0.1, 0.15) is 25.0 Å². The van der Waals surface area contributed by atoms with Gasteiger partial charge in [-0.25, -0.2) is 0 Å². The van der Waals surface area contributed by atoms with Gasteiger partial charge in [0, 0.05) is 13.7 Å². The molecule has 0 radical (unpaired) electrons. The topological polar surface area (TPSA) is 35.5 Å². The van der Waals surface area contributed by atoms with Crippen LogP contribution in [0.4, 0.5) is 0 Å². The molecule has 88 valence electrons. The third-order valence-electron chi connectivity index (χ3n) is 2.22. The van der Waals surface area contributed by atoms with Gasteiger partial charge in [-0.3, -0.25) is 4.79 Å². The summed E-state index contributed by atoms with van der Waals surface area (Å²) in [5.41, 5.74) is 0.870. The van der Waals surface area contributed by atoms with Gasteiger partial charge in [-0.15, -0.1) is 0 Å². The minimum atomic E-state index is -0.516. The number of ether oxygens (including phenoxy) is 2. The van der Waals surface area contributed by atoms with Crippen molar-refractivity contribution in [1.29, 1.82) is 0 Å². The van der Waals surface area contributed by atoms with E-state index in [4.69, 9.17) is 9.47 Å². The second-order valence-corrected chi connectivity index (χ2v) is 3.55. The van der Waals surface area contributed by atoms with Crippen LogP contribution in [0.3, 0.4) is 0 Å². The van der Waals surface area contributed by atoms with Crippen LogP contribution in [-0.2, 0) is 14.3 Å². The molecule has 0 heterocycles. The maximum atomic E-state index is 11.8. The first-order valence-corrected chi connectivity index (χ1v) is 5.47. The van der Waals surface area contributed by atoms with Crippen LogP contribution in [-0.4, -0.2) is 26.1 Å². The fraction of sp³-hybridized carbons (Fsp3) is 0.462. The van der Waals surface area contributed by atoms with Crippen molar-refractivity contribution >= 4 is 5.78 Å². The minimum Gasteiger partial charge on any atom is -0.374 e. The summed E-state index contributed by atoms with van der Waals surface area (Å²) in [6.07, 6.45) is 0.397. The molecule has 1 rings (SSSR count). The van der Waals surface area contributed by atoms with E-state index in [1.54, 1.807) is 0 Å². The van der Waals surface area contributed by atoms with Gasteiger partial charge in [-0.05, 0) is 12.0 Å². The van der Waals surface area contributed by atoms with Crippen LogP contribution >= 0.6 is 0 Å². The van der Waals surface area contributed by atoms with E-state index in [-0.39, 0.29) is 12.4 Å². The third kappa shape index (κ3) is 3.76. The molecule has 0 saturated carbocycles. The summed E-state index contributed by atoms with van der Waals surface area (Å²) >= 11 is 0. The number of hydrogen-bond donors (Lipinski definition) is 0. The van der Waals surface area contributed by atoms with E-state index in [9.17, 15) is 4.79 Å². The molecule has 0 aliphatic rings. The fourth-order valence-corrected chi connectivity index (χ4v) is 1.47. The van der Waals surface area contributed by atoms with Crippen molar-refractivity contribution in [3.05, 3.63) is 35.9 Å². The van der Waals surface area contributed by atoms with Crippen LogP contribution in [0, 0.1) is 0 Å². The molecule has 0 aliphatic carbocycles. The molecular formula is C13H18O3. The highest BCUT2D eigenvalue weighted by Gasteiger charge is 2.19. The SMILES string of the molecule is CCCOCC(=O)C(OC)c1ccccc1. The number of hydrogen-bond acceptors (Lipinski definition) is 3. The Labute approximate surface area is 96.4 Å². The second-order valence-electron chi connectivity index (χ2n) is 3.55. The molecule has 1 aromatic carbocycles. The molecule has 0 bridgehead atoms. The van der Waals surface area contributed by atoms with E-state index in [1.807, 2.05) is 37.3 Å². The zero-order chi connectivity index (χ0) is 11.8. The highest BCUT2D eigenvalue weighted by Crippen LogP contribution is 2.17. The summed E-state index contributed by atoms with van der Waals surface area (Å²) in [6, 6.07) is 9.45. The molecule has 1 aromatic rings. The number of rotatable bonds is 7. The molecule has 0 amide bonds. The standard InChI is InChI=1S/C13H18O3/c1-3-9-16-10-12(14)13(15-2)11-7-5-4-6-8-11/h4-8,13H,3,9-10H2,1-2H3. The van der Waals surface area contributed by atoms with Gasteiger partial charge in [0.2, 0.25) is 0 Å². The van der Waals surface area contributed by atoms with E-state index < -0.39 is 6.10 Å². The zero-order valence-corrected chi connectivity index (χ0v) is 9.81. The van der Waals surface area contributed by atoms with E-state index >= 15 is 0 Å². The van der Waals surface area contributed by atoms with Crippen molar-refractivity contribution in [1.82, 2.24) is 0 Å². The molecule has 0 aromatic heterocycles. The van der Waals surface area contributed by atoms with Gasteiger partial charge in [0.05, 0.1) is 0 Å². The first kappa shape index (κ1) is 12.9. The molecule has 0 spiro atoms. The van der Waals surface area contributed by atoms with Crippen LogP contribution in [0.25, 0.3) is 0 Å². The fourth-order valence-electron chi connectivity index (χ4n) is 1.47. The summed E-state index contributed by atoms with van der Waals surface area (Å²) in [4.78, 5) is 11.8. The largest absolute Gasteiger partial charge is 0.374 e. The third-order valence-corrected chi connectivity index (χ3v) is 2.22. The number of ketones is 1. The highest BCUT2D eigenvalue weighted by atomic mass is 16.5. The van der Waals surface area contributed by atoms with Crippen molar-refractivity contribution in [3.63, 3.8) is 0 Å². The van der Waals surface area contributed by atoms with Gasteiger partial charge in [0.25, 0.3) is 0 Å². The second kappa shape index (κ2) is 7.14. The van der Waals surface area contributed by atoms with Crippen LogP contribution < -0.4 is 0 Å². The first-order chi connectivity index (χ1) is 7.79. The Morgan fingerprint density at radius 3 is 2.56 bits per heavy atom. The Bertz CT molecular complexity index is 308. The Morgan fingerprint density at radius 2 is 2.00 bits per heavy atom. The monoisotopic (exact) mass is 222 g/mol. The van der Waals surface area contributed by atoms with Crippen LogP contribution in [0.15, 0.2) is 30.3 Å². The van der Waals surface area contributed by atoms with Gasteiger partial charge in [-0.2, -0.15) is 0 Å². The van der Waals surface area contributed by atoms with Crippen molar-refractivity contribution in [2.45, 2.75) is 19.4 Å². The Balaban J connectivity index is 2.57. The number of benzene rings is 1. The summed E-state index contributed by atoms with van der Waals surface area (Å²) in [5.74, 6) is -0.0397. The number of carbonyl (C=O) groups excluding carboxylic acids is 1. The Hall–Kier alpha value is -1.19. The van der Waals surface area contributed by atoms with Gasteiger partial charge in [-0.1, -0.05) is 37.3 Å². The first-order valence-electron chi connectivity index (χ1n) is 5.47. The van der Waals surface area contributed by atoms with E-state index in [2.05, 4.69) is 0 Å². The van der Waals surface area contributed by atoms with Gasteiger partial charge in [0.1, 0.15) is 12.7 Å². The molecule has 1 atom stereocenters. The van der Waals surface area contributed by atoms with Crippen molar-refractivity contribution in [2.75, 3.05) is 20.3 Å². The van der Waals surface area contributed by atoms with Crippen LogP contribution in [0.5, 0.6) is 0 Å². The van der Waals surface area contributed by atoms with E-state index in [0.29, 0.717) is 6.61 Å². The molecule has 3 nitrogen and oxygen atoms in total.